The number of aromatic amines is 1. The van der Waals surface area contributed by atoms with E-state index in [2.05, 4.69) is 47.9 Å². The lowest BCUT2D eigenvalue weighted by atomic mass is 9.96. The lowest BCUT2D eigenvalue weighted by molar-refractivity contribution is 0.552. The maximum absolute atomic E-state index is 4.18. The Morgan fingerprint density at radius 1 is 0.895 bits per heavy atom. The molecule has 0 amide bonds. The highest BCUT2D eigenvalue weighted by Gasteiger charge is 2.14. The average molecular weight is 253 g/mol. The SMILES string of the molecule is CC(C)(C)c1ncc[nH]1.c1ccc2ncccc2c1. The third-order valence-corrected chi connectivity index (χ3v) is 2.72. The maximum Gasteiger partial charge on any atom is 0.111 e. The van der Waals surface area contributed by atoms with Gasteiger partial charge in [0.2, 0.25) is 0 Å². The quantitative estimate of drug-likeness (QED) is 0.659. The van der Waals surface area contributed by atoms with Gasteiger partial charge in [-0.05, 0) is 12.1 Å². The Kier molecular flexibility index (Phi) is 3.95. The van der Waals surface area contributed by atoms with Gasteiger partial charge in [0.05, 0.1) is 5.52 Å². The second-order valence-corrected chi connectivity index (χ2v) is 5.38. The number of H-pyrrole nitrogens is 1. The highest BCUT2D eigenvalue weighted by Crippen LogP contribution is 2.16. The van der Waals surface area contributed by atoms with Crippen LogP contribution in [-0.4, -0.2) is 15.0 Å². The number of fused-ring (bicyclic) bond motifs is 1. The predicted octanol–water partition coefficient (Wildman–Crippen LogP) is 3.94. The summed E-state index contributed by atoms with van der Waals surface area (Å²) >= 11 is 0. The van der Waals surface area contributed by atoms with E-state index in [9.17, 15) is 0 Å². The molecule has 3 aromatic rings. The second kappa shape index (κ2) is 5.65. The molecule has 0 aliphatic carbocycles. The van der Waals surface area contributed by atoms with Crippen molar-refractivity contribution in [3.8, 4) is 0 Å². The third-order valence-electron chi connectivity index (χ3n) is 2.72. The van der Waals surface area contributed by atoms with Crippen LogP contribution in [0.2, 0.25) is 0 Å². The number of hydrogen-bond acceptors (Lipinski definition) is 2. The van der Waals surface area contributed by atoms with Gasteiger partial charge in [-0.15, -0.1) is 0 Å². The number of aromatic nitrogens is 3. The topological polar surface area (TPSA) is 41.6 Å². The fourth-order valence-corrected chi connectivity index (χ4v) is 1.69. The van der Waals surface area contributed by atoms with Gasteiger partial charge in [-0.1, -0.05) is 45.0 Å². The van der Waals surface area contributed by atoms with E-state index in [0.29, 0.717) is 0 Å². The highest BCUT2D eigenvalue weighted by molar-refractivity contribution is 5.77. The molecule has 0 aliphatic heterocycles. The normalized spacial score (nSPS) is 10.9. The standard InChI is InChI=1S/C9H7N.C7H12N2/c1-2-6-9-8(4-1)5-3-7-10-9;1-7(2,3)6-8-4-5-9-6/h1-7H;4-5H,1-3H3,(H,8,9). The van der Waals surface area contributed by atoms with Crippen molar-refractivity contribution in [2.75, 3.05) is 0 Å². The van der Waals surface area contributed by atoms with Gasteiger partial charge in [0.1, 0.15) is 5.82 Å². The van der Waals surface area contributed by atoms with Crippen molar-refractivity contribution in [2.45, 2.75) is 26.2 Å². The smallest absolute Gasteiger partial charge is 0.111 e. The molecule has 0 saturated carbocycles. The van der Waals surface area contributed by atoms with Crippen molar-refractivity contribution in [2.24, 2.45) is 0 Å². The van der Waals surface area contributed by atoms with Crippen LogP contribution in [0.15, 0.2) is 55.0 Å². The molecule has 0 atom stereocenters. The molecule has 0 saturated heterocycles. The van der Waals surface area contributed by atoms with Gasteiger partial charge in [-0.3, -0.25) is 4.98 Å². The maximum atomic E-state index is 4.18. The first-order valence-electron chi connectivity index (χ1n) is 6.37. The lowest BCUT2D eigenvalue weighted by Crippen LogP contribution is -2.12. The van der Waals surface area contributed by atoms with E-state index in [1.807, 2.05) is 36.7 Å². The number of nitrogens with zero attached hydrogens (tertiary/aromatic N) is 2. The summed E-state index contributed by atoms with van der Waals surface area (Å²) in [6.07, 6.45) is 5.43. The molecule has 3 rings (SSSR count). The molecule has 0 unspecified atom stereocenters. The minimum Gasteiger partial charge on any atom is -0.348 e. The molecule has 3 heteroatoms. The summed E-state index contributed by atoms with van der Waals surface area (Å²) in [5.41, 5.74) is 1.22. The molecule has 0 spiro atoms. The Labute approximate surface area is 113 Å². The fourth-order valence-electron chi connectivity index (χ4n) is 1.69. The first kappa shape index (κ1) is 13.3. The molecule has 19 heavy (non-hydrogen) atoms. The van der Waals surface area contributed by atoms with Crippen molar-refractivity contribution in [1.82, 2.24) is 15.0 Å². The Morgan fingerprint density at radius 2 is 1.63 bits per heavy atom. The molecule has 1 N–H and O–H groups in total. The average Bonchev–Trinajstić information content (AvgIpc) is 2.93. The van der Waals surface area contributed by atoms with Crippen LogP contribution in [0.3, 0.4) is 0 Å². The summed E-state index contributed by atoms with van der Waals surface area (Å²) in [6.45, 7) is 6.39. The van der Waals surface area contributed by atoms with Crippen molar-refractivity contribution in [3.63, 3.8) is 0 Å². The van der Waals surface area contributed by atoms with E-state index in [1.165, 1.54) is 5.39 Å². The number of nitrogens with one attached hydrogen (secondary N) is 1. The minimum absolute atomic E-state index is 0.156. The van der Waals surface area contributed by atoms with Gasteiger partial charge in [0.25, 0.3) is 0 Å². The minimum atomic E-state index is 0.156. The van der Waals surface area contributed by atoms with Crippen LogP contribution in [0, 0.1) is 0 Å². The van der Waals surface area contributed by atoms with E-state index < -0.39 is 0 Å². The van der Waals surface area contributed by atoms with Crippen LogP contribution < -0.4 is 0 Å². The Hall–Kier alpha value is -2.16. The van der Waals surface area contributed by atoms with Gasteiger partial charge in [-0.25, -0.2) is 4.98 Å². The number of imidazole rings is 1. The third kappa shape index (κ3) is 3.65. The number of pyridine rings is 1. The Balaban J connectivity index is 0.000000141. The van der Waals surface area contributed by atoms with Gasteiger partial charge < -0.3 is 4.98 Å². The zero-order valence-electron chi connectivity index (χ0n) is 11.6. The monoisotopic (exact) mass is 253 g/mol. The summed E-state index contributed by atoms with van der Waals surface area (Å²) in [5.74, 6) is 1.04. The van der Waals surface area contributed by atoms with Crippen molar-refractivity contribution >= 4 is 10.9 Å². The zero-order valence-corrected chi connectivity index (χ0v) is 11.6. The first-order chi connectivity index (χ1) is 9.07. The van der Waals surface area contributed by atoms with Crippen LogP contribution in [-0.2, 0) is 5.41 Å². The predicted molar refractivity (Wildman–Crippen MR) is 79.0 cm³/mol. The summed E-state index contributed by atoms with van der Waals surface area (Å²) in [5, 5.41) is 1.20. The summed E-state index contributed by atoms with van der Waals surface area (Å²) in [4.78, 5) is 11.4. The number of rotatable bonds is 0. The molecule has 3 nitrogen and oxygen atoms in total. The number of hydrogen-bond donors (Lipinski definition) is 1. The van der Waals surface area contributed by atoms with Gasteiger partial charge in [0.15, 0.2) is 0 Å². The molecule has 98 valence electrons. The van der Waals surface area contributed by atoms with E-state index in [0.717, 1.165) is 11.3 Å². The molecule has 2 aromatic heterocycles. The molecular weight excluding hydrogens is 234 g/mol. The van der Waals surface area contributed by atoms with E-state index in [-0.39, 0.29) is 5.41 Å². The molecule has 0 bridgehead atoms. The van der Waals surface area contributed by atoms with Crippen LogP contribution in [0.5, 0.6) is 0 Å². The Morgan fingerprint density at radius 3 is 2.21 bits per heavy atom. The summed E-state index contributed by atoms with van der Waals surface area (Å²) < 4.78 is 0. The summed E-state index contributed by atoms with van der Waals surface area (Å²) in [7, 11) is 0. The van der Waals surface area contributed by atoms with Crippen LogP contribution in [0.4, 0.5) is 0 Å². The van der Waals surface area contributed by atoms with E-state index in [1.54, 1.807) is 6.20 Å². The van der Waals surface area contributed by atoms with Crippen molar-refractivity contribution < 1.29 is 0 Å². The van der Waals surface area contributed by atoms with Gasteiger partial charge in [-0.2, -0.15) is 0 Å². The van der Waals surface area contributed by atoms with E-state index >= 15 is 0 Å². The van der Waals surface area contributed by atoms with Crippen molar-refractivity contribution in [1.29, 1.82) is 0 Å². The molecule has 2 heterocycles. The molecule has 0 radical (unpaired) electrons. The molecule has 0 fully saturated rings. The van der Waals surface area contributed by atoms with Crippen LogP contribution >= 0.6 is 0 Å². The number of para-hydroxylation sites is 1. The molecule has 1 aromatic carbocycles. The van der Waals surface area contributed by atoms with Gasteiger partial charge in [0, 0.05) is 29.4 Å². The second-order valence-electron chi connectivity index (χ2n) is 5.38. The number of benzene rings is 1. The first-order valence-corrected chi connectivity index (χ1v) is 6.37. The molecular formula is C16H19N3. The van der Waals surface area contributed by atoms with Crippen LogP contribution in [0.1, 0.15) is 26.6 Å². The van der Waals surface area contributed by atoms with Crippen molar-refractivity contribution in [3.05, 3.63) is 60.8 Å². The summed E-state index contributed by atoms with van der Waals surface area (Å²) in [6, 6.07) is 12.1. The highest BCUT2D eigenvalue weighted by atomic mass is 14.9. The Bertz CT molecular complexity index is 556. The zero-order chi connectivity index (χ0) is 13.7. The van der Waals surface area contributed by atoms with E-state index in [4.69, 9.17) is 0 Å². The fraction of sp³-hybridized carbons (Fsp3) is 0.250. The van der Waals surface area contributed by atoms with Gasteiger partial charge >= 0.3 is 0 Å². The molecule has 0 aliphatic rings. The lowest BCUT2D eigenvalue weighted by Gasteiger charge is -2.13. The largest absolute Gasteiger partial charge is 0.348 e. The van der Waals surface area contributed by atoms with Crippen LogP contribution in [0.25, 0.3) is 10.9 Å².